The molecule has 1 aromatic rings. The van der Waals surface area contributed by atoms with Crippen molar-refractivity contribution in [1.82, 2.24) is 5.32 Å². The monoisotopic (exact) mass is 371 g/mol. The summed E-state index contributed by atoms with van der Waals surface area (Å²) < 4.78 is 47.2. The molecular formula is C13H17BrF3NO3. The lowest BCUT2D eigenvalue weighted by molar-refractivity contribution is -0.210. The Kier molecular flexibility index (Phi) is 7.44. The van der Waals surface area contributed by atoms with E-state index in [9.17, 15) is 13.2 Å². The summed E-state index contributed by atoms with van der Waals surface area (Å²) >= 11 is 3.36. The highest BCUT2D eigenvalue weighted by Gasteiger charge is 2.38. The molecule has 0 radical (unpaired) electrons. The van der Waals surface area contributed by atoms with Gasteiger partial charge in [0.2, 0.25) is 0 Å². The highest BCUT2D eigenvalue weighted by Crippen LogP contribution is 2.24. The summed E-state index contributed by atoms with van der Waals surface area (Å²) in [6, 6.07) is 4.83. The summed E-state index contributed by atoms with van der Waals surface area (Å²) in [5.41, 5.74) is 0.838. The van der Waals surface area contributed by atoms with Crippen molar-refractivity contribution < 1.29 is 27.8 Å². The fraction of sp³-hybridized carbons (Fsp3) is 0.538. The number of rotatable bonds is 8. The maximum Gasteiger partial charge on any atom is 0.417 e. The number of aliphatic hydroxyl groups excluding tert-OH is 1. The molecule has 0 fully saturated rings. The van der Waals surface area contributed by atoms with Gasteiger partial charge in [-0.2, -0.15) is 13.2 Å². The summed E-state index contributed by atoms with van der Waals surface area (Å²) in [6.45, 7) is 0.900. The van der Waals surface area contributed by atoms with Crippen molar-refractivity contribution >= 4 is 15.9 Å². The lowest BCUT2D eigenvalue weighted by Gasteiger charge is -2.16. The van der Waals surface area contributed by atoms with E-state index in [-0.39, 0.29) is 5.75 Å². The van der Waals surface area contributed by atoms with E-state index < -0.39 is 18.9 Å². The minimum absolute atomic E-state index is 0.269. The molecule has 0 aliphatic heterocycles. The van der Waals surface area contributed by atoms with Gasteiger partial charge >= 0.3 is 6.18 Å². The van der Waals surface area contributed by atoms with Crippen LogP contribution >= 0.6 is 15.9 Å². The van der Waals surface area contributed by atoms with E-state index in [2.05, 4.69) is 21.2 Å². The highest BCUT2D eigenvalue weighted by molar-refractivity contribution is 9.10. The van der Waals surface area contributed by atoms with E-state index in [1.165, 1.54) is 6.07 Å². The fourth-order valence-corrected chi connectivity index (χ4v) is 1.83. The first-order valence-corrected chi connectivity index (χ1v) is 6.99. The number of aliphatic hydroxyl groups is 1. The molecule has 21 heavy (non-hydrogen) atoms. The number of methoxy groups -OCH3 is 1. The second-order valence-corrected chi connectivity index (χ2v) is 5.15. The van der Waals surface area contributed by atoms with E-state index in [1.54, 1.807) is 19.2 Å². The van der Waals surface area contributed by atoms with E-state index in [4.69, 9.17) is 14.6 Å². The van der Waals surface area contributed by atoms with Gasteiger partial charge in [-0.3, -0.25) is 0 Å². The molecule has 0 heterocycles. The van der Waals surface area contributed by atoms with Crippen molar-refractivity contribution in [2.24, 2.45) is 0 Å². The Hall–Kier alpha value is -0.830. The van der Waals surface area contributed by atoms with Gasteiger partial charge in [-0.05, 0) is 23.8 Å². The van der Waals surface area contributed by atoms with E-state index in [0.29, 0.717) is 19.7 Å². The van der Waals surface area contributed by atoms with Gasteiger partial charge in [-0.1, -0.05) is 15.9 Å². The van der Waals surface area contributed by atoms with Crippen molar-refractivity contribution in [2.75, 3.05) is 26.9 Å². The zero-order valence-electron chi connectivity index (χ0n) is 11.4. The molecule has 0 aromatic heterocycles. The Balaban J connectivity index is 2.56. The average Bonchev–Trinajstić information content (AvgIpc) is 2.42. The predicted molar refractivity (Wildman–Crippen MR) is 75.3 cm³/mol. The van der Waals surface area contributed by atoms with Crippen LogP contribution in [0.3, 0.4) is 0 Å². The Morgan fingerprint density at radius 3 is 2.71 bits per heavy atom. The molecular weight excluding hydrogens is 355 g/mol. The van der Waals surface area contributed by atoms with Crippen LogP contribution in [0.1, 0.15) is 5.56 Å². The summed E-state index contributed by atoms with van der Waals surface area (Å²) in [4.78, 5) is 0. The number of hydrogen-bond donors (Lipinski definition) is 2. The molecule has 1 aromatic carbocycles. The molecule has 120 valence electrons. The second-order valence-electron chi connectivity index (χ2n) is 4.29. The van der Waals surface area contributed by atoms with Gasteiger partial charge in [0.25, 0.3) is 0 Å². The number of nitrogens with one attached hydrogen (secondary N) is 1. The zero-order valence-corrected chi connectivity index (χ0v) is 13.0. The number of benzene rings is 1. The van der Waals surface area contributed by atoms with Crippen LogP contribution in [-0.4, -0.2) is 44.3 Å². The van der Waals surface area contributed by atoms with Crippen molar-refractivity contribution in [3.05, 3.63) is 28.2 Å². The largest absolute Gasteiger partial charge is 0.491 e. The first-order valence-electron chi connectivity index (χ1n) is 6.20. The van der Waals surface area contributed by atoms with Crippen LogP contribution in [0.15, 0.2) is 22.7 Å². The predicted octanol–water partition coefficient (Wildman–Crippen LogP) is 2.49. The summed E-state index contributed by atoms with van der Waals surface area (Å²) in [7, 11) is 1.60. The van der Waals surface area contributed by atoms with E-state index >= 15 is 0 Å². The number of hydrogen-bond acceptors (Lipinski definition) is 4. The SMILES string of the molecule is COCCNCc1cc(OCC(O)C(F)(F)F)ccc1Br. The molecule has 0 aliphatic carbocycles. The average molecular weight is 372 g/mol. The number of ether oxygens (including phenoxy) is 2. The Labute approximate surface area is 129 Å². The zero-order chi connectivity index (χ0) is 15.9. The van der Waals surface area contributed by atoms with Gasteiger partial charge in [0.05, 0.1) is 6.61 Å². The molecule has 0 saturated heterocycles. The van der Waals surface area contributed by atoms with Gasteiger partial charge in [0, 0.05) is 24.7 Å². The molecule has 4 nitrogen and oxygen atoms in total. The summed E-state index contributed by atoms with van der Waals surface area (Å²) in [6.07, 6.45) is -7.18. The van der Waals surface area contributed by atoms with Crippen LogP contribution in [0.5, 0.6) is 5.75 Å². The van der Waals surface area contributed by atoms with Crippen molar-refractivity contribution in [3.63, 3.8) is 0 Å². The Morgan fingerprint density at radius 2 is 2.10 bits per heavy atom. The third kappa shape index (κ3) is 6.64. The van der Waals surface area contributed by atoms with Gasteiger partial charge < -0.3 is 19.9 Å². The first kappa shape index (κ1) is 18.2. The second kappa shape index (κ2) is 8.57. The van der Waals surface area contributed by atoms with Crippen LogP contribution in [-0.2, 0) is 11.3 Å². The third-order valence-electron chi connectivity index (χ3n) is 2.60. The van der Waals surface area contributed by atoms with Gasteiger partial charge in [0.15, 0.2) is 6.10 Å². The maximum absolute atomic E-state index is 12.2. The molecule has 1 unspecified atom stereocenters. The van der Waals surface area contributed by atoms with Crippen LogP contribution in [0.4, 0.5) is 13.2 Å². The molecule has 0 spiro atoms. The molecule has 0 bridgehead atoms. The van der Waals surface area contributed by atoms with Crippen LogP contribution in [0.25, 0.3) is 0 Å². The molecule has 1 atom stereocenters. The minimum Gasteiger partial charge on any atom is -0.491 e. The van der Waals surface area contributed by atoms with Crippen molar-refractivity contribution in [1.29, 1.82) is 0 Å². The topological polar surface area (TPSA) is 50.7 Å². The van der Waals surface area contributed by atoms with Gasteiger partial charge in [0.1, 0.15) is 12.4 Å². The number of halogens is 4. The summed E-state index contributed by atoms with van der Waals surface area (Å²) in [5, 5.41) is 12.0. The summed E-state index contributed by atoms with van der Waals surface area (Å²) in [5.74, 6) is 0.269. The molecule has 8 heteroatoms. The standard InChI is InChI=1S/C13H17BrF3NO3/c1-20-5-4-18-7-9-6-10(2-3-11(9)14)21-8-12(19)13(15,16)17/h2-3,6,12,18-19H,4-5,7-8H2,1H3. The van der Waals surface area contributed by atoms with Crippen LogP contribution in [0, 0.1) is 0 Å². The van der Waals surface area contributed by atoms with E-state index in [1.807, 2.05) is 0 Å². The molecule has 0 saturated carbocycles. The lowest BCUT2D eigenvalue weighted by atomic mass is 10.2. The van der Waals surface area contributed by atoms with Crippen LogP contribution in [0.2, 0.25) is 0 Å². The lowest BCUT2D eigenvalue weighted by Crippen LogP contribution is -2.34. The first-order chi connectivity index (χ1) is 9.84. The molecule has 1 rings (SSSR count). The maximum atomic E-state index is 12.2. The van der Waals surface area contributed by atoms with Crippen molar-refractivity contribution in [2.45, 2.75) is 18.8 Å². The minimum atomic E-state index is -4.68. The Bertz CT molecular complexity index is 443. The van der Waals surface area contributed by atoms with Gasteiger partial charge in [-0.25, -0.2) is 0 Å². The smallest absolute Gasteiger partial charge is 0.417 e. The van der Waals surface area contributed by atoms with Crippen LogP contribution < -0.4 is 10.1 Å². The molecule has 2 N–H and O–H groups in total. The quantitative estimate of drug-likeness (QED) is 0.689. The highest BCUT2D eigenvalue weighted by atomic mass is 79.9. The molecule has 0 aliphatic rings. The normalized spacial score (nSPS) is 13.2. The fourth-order valence-electron chi connectivity index (χ4n) is 1.44. The van der Waals surface area contributed by atoms with E-state index in [0.717, 1.165) is 10.0 Å². The van der Waals surface area contributed by atoms with Gasteiger partial charge in [-0.15, -0.1) is 0 Å². The molecule has 0 amide bonds. The van der Waals surface area contributed by atoms with Crippen molar-refractivity contribution in [3.8, 4) is 5.75 Å². The number of alkyl halides is 3. The Morgan fingerprint density at radius 1 is 1.38 bits per heavy atom. The third-order valence-corrected chi connectivity index (χ3v) is 3.37.